The van der Waals surface area contributed by atoms with Crippen LogP contribution in [0, 0.1) is 0 Å². The van der Waals surface area contributed by atoms with Crippen LogP contribution in [0.3, 0.4) is 0 Å². The van der Waals surface area contributed by atoms with E-state index in [4.69, 9.17) is 0 Å². The molecule has 0 aliphatic heterocycles. The van der Waals surface area contributed by atoms with E-state index < -0.39 is 23.9 Å². The van der Waals surface area contributed by atoms with Crippen LogP contribution in [0.4, 0.5) is 13.2 Å². The van der Waals surface area contributed by atoms with E-state index in [1.807, 2.05) is 0 Å². The van der Waals surface area contributed by atoms with Gasteiger partial charge in [-0.2, -0.15) is 13.2 Å². The van der Waals surface area contributed by atoms with Gasteiger partial charge >= 0.3 is 6.18 Å². The standard InChI is InChI=1S/C11H13F3N2O2/c12-11(13,14)4-1-2-5-16-10(18)8-7-15-6-3-9(8)17/h3,6-7H,1-2,4-5H2,(H,15,17)(H,16,18). The smallest absolute Gasteiger partial charge is 0.367 e. The number of aromatic amines is 1. The number of carbonyl (C=O) groups excluding carboxylic acids is 1. The first-order chi connectivity index (χ1) is 8.40. The Morgan fingerprint density at radius 3 is 2.67 bits per heavy atom. The largest absolute Gasteiger partial charge is 0.389 e. The van der Waals surface area contributed by atoms with E-state index in [0.717, 1.165) is 0 Å². The summed E-state index contributed by atoms with van der Waals surface area (Å²) in [6.07, 6.45) is -2.21. The molecule has 0 unspecified atom stereocenters. The summed E-state index contributed by atoms with van der Waals surface area (Å²) in [6.45, 7) is 0.114. The molecule has 0 aliphatic carbocycles. The molecule has 0 saturated heterocycles. The van der Waals surface area contributed by atoms with E-state index in [-0.39, 0.29) is 24.9 Å². The molecule has 1 aromatic heterocycles. The molecule has 2 N–H and O–H groups in total. The number of alkyl halides is 3. The van der Waals surface area contributed by atoms with E-state index in [1.54, 1.807) is 0 Å². The van der Waals surface area contributed by atoms with E-state index >= 15 is 0 Å². The van der Waals surface area contributed by atoms with E-state index in [9.17, 15) is 22.8 Å². The van der Waals surface area contributed by atoms with Gasteiger partial charge in [0.2, 0.25) is 0 Å². The maximum atomic E-state index is 11.8. The van der Waals surface area contributed by atoms with Crippen molar-refractivity contribution in [3.63, 3.8) is 0 Å². The minimum Gasteiger partial charge on any atom is -0.367 e. The Bertz CT molecular complexity index is 454. The van der Waals surface area contributed by atoms with Gasteiger partial charge < -0.3 is 10.3 Å². The van der Waals surface area contributed by atoms with Crippen molar-refractivity contribution in [3.8, 4) is 0 Å². The Balaban J connectivity index is 2.31. The highest BCUT2D eigenvalue weighted by Crippen LogP contribution is 2.21. The van der Waals surface area contributed by atoms with Crippen LogP contribution in [0.2, 0.25) is 0 Å². The van der Waals surface area contributed by atoms with Crippen LogP contribution in [0.25, 0.3) is 0 Å². The summed E-state index contributed by atoms with van der Waals surface area (Å²) >= 11 is 0. The second kappa shape index (κ2) is 6.23. The first-order valence-corrected chi connectivity index (χ1v) is 5.42. The van der Waals surface area contributed by atoms with Gasteiger partial charge in [0.05, 0.1) is 0 Å². The zero-order chi connectivity index (χ0) is 13.6. The molecule has 0 aliphatic rings. The van der Waals surface area contributed by atoms with Gasteiger partial charge in [-0.15, -0.1) is 0 Å². The van der Waals surface area contributed by atoms with Crippen molar-refractivity contribution in [2.45, 2.75) is 25.4 Å². The van der Waals surface area contributed by atoms with Gasteiger partial charge in [-0.25, -0.2) is 0 Å². The molecule has 0 radical (unpaired) electrons. The molecule has 0 spiro atoms. The molecule has 4 nitrogen and oxygen atoms in total. The highest BCUT2D eigenvalue weighted by atomic mass is 19.4. The van der Waals surface area contributed by atoms with Crippen molar-refractivity contribution in [2.24, 2.45) is 0 Å². The van der Waals surface area contributed by atoms with Crippen LogP contribution in [0.15, 0.2) is 23.3 Å². The van der Waals surface area contributed by atoms with Gasteiger partial charge in [0.25, 0.3) is 5.91 Å². The zero-order valence-corrected chi connectivity index (χ0v) is 9.51. The molecule has 1 heterocycles. The minimum atomic E-state index is -4.17. The molecule has 1 rings (SSSR count). The predicted molar refractivity (Wildman–Crippen MR) is 59.3 cm³/mol. The number of halogens is 3. The third-order valence-electron chi connectivity index (χ3n) is 2.24. The molecule has 18 heavy (non-hydrogen) atoms. The number of unbranched alkanes of at least 4 members (excludes halogenated alkanes) is 1. The summed E-state index contributed by atoms with van der Waals surface area (Å²) in [6, 6.07) is 1.21. The lowest BCUT2D eigenvalue weighted by Gasteiger charge is -2.06. The van der Waals surface area contributed by atoms with Crippen molar-refractivity contribution in [1.82, 2.24) is 10.3 Å². The fraction of sp³-hybridized carbons (Fsp3) is 0.455. The van der Waals surface area contributed by atoms with Gasteiger partial charge in [0.15, 0.2) is 5.43 Å². The molecular formula is C11H13F3N2O2. The van der Waals surface area contributed by atoms with Gasteiger partial charge in [-0.1, -0.05) is 0 Å². The zero-order valence-electron chi connectivity index (χ0n) is 9.51. The lowest BCUT2D eigenvalue weighted by Crippen LogP contribution is -2.29. The summed E-state index contributed by atoms with van der Waals surface area (Å²) in [4.78, 5) is 25.3. The Morgan fingerprint density at radius 2 is 2.06 bits per heavy atom. The first kappa shape index (κ1) is 14.3. The van der Waals surface area contributed by atoms with Gasteiger partial charge in [0.1, 0.15) is 5.56 Å². The highest BCUT2D eigenvalue weighted by molar-refractivity contribution is 5.93. The van der Waals surface area contributed by atoms with Crippen LogP contribution in [-0.4, -0.2) is 23.6 Å². The Kier molecular flexibility index (Phi) is 4.94. The molecule has 0 aromatic carbocycles. The van der Waals surface area contributed by atoms with Gasteiger partial charge in [-0.3, -0.25) is 9.59 Å². The average Bonchev–Trinajstić information content (AvgIpc) is 2.27. The fourth-order valence-electron chi connectivity index (χ4n) is 1.34. The third kappa shape index (κ3) is 5.03. The second-order valence-electron chi connectivity index (χ2n) is 3.75. The molecule has 1 amide bonds. The number of H-pyrrole nitrogens is 1. The summed E-state index contributed by atoms with van der Waals surface area (Å²) in [5, 5.41) is 2.40. The lowest BCUT2D eigenvalue weighted by molar-refractivity contribution is -0.135. The van der Waals surface area contributed by atoms with Gasteiger partial charge in [-0.05, 0) is 12.8 Å². The number of pyridine rings is 1. The second-order valence-corrected chi connectivity index (χ2v) is 3.75. The quantitative estimate of drug-likeness (QED) is 0.795. The van der Waals surface area contributed by atoms with Crippen LogP contribution in [0.1, 0.15) is 29.6 Å². The van der Waals surface area contributed by atoms with Crippen molar-refractivity contribution in [2.75, 3.05) is 6.54 Å². The summed E-state index contributed by atoms with van der Waals surface area (Å²) in [7, 11) is 0. The van der Waals surface area contributed by atoms with Crippen LogP contribution in [0.5, 0.6) is 0 Å². The summed E-state index contributed by atoms with van der Waals surface area (Å²) < 4.78 is 35.5. The summed E-state index contributed by atoms with van der Waals surface area (Å²) in [5.74, 6) is -0.580. The maximum absolute atomic E-state index is 11.8. The number of nitrogens with one attached hydrogen (secondary N) is 2. The SMILES string of the molecule is O=C(NCCCCC(F)(F)F)c1c[nH]ccc1=O. The molecular weight excluding hydrogens is 249 g/mol. The van der Waals surface area contributed by atoms with Crippen molar-refractivity contribution in [3.05, 3.63) is 34.2 Å². The first-order valence-electron chi connectivity index (χ1n) is 5.42. The van der Waals surface area contributed by atoms with E-state index in [1.165, 1.54) is 18.5 Å². The maximum Gasteiger partial charge on any atom is 0.389 e. The normalized spacial score (nSPS) is 11.3. The molecule has 0 saturated carbocycles. The Morgan fingerprint density at radius 1 is 1.33 bits per heavy atom. The van der Waals surface area contributed by atoms with Crippen LogP contribution >= 0.6 is 0 Å². The fourth-order valence-corrected chi connectivity index (χ4v) is 1.34. The molecule has 1 aromatic rings. The monoisotopic (exact) mass is 262 g/mol. The number of amides is 1. The third-order valence-corrected chi connectivity index (χ3v) is 2.24. The molecule has 0 fully saturated rings. The van der Waals surface area contributed by atoms with Gasteiger partial charge in [0, 0.05) is 31.4 Å². The van der Waals surface area contributed by atoms with Crippen molar-refractivity contribution in [1.29, 1.82) is 0 Å². The number of hydrogen-bond acceptors (Lipinski definition) is 2. The minimum absolute atomic E-state index is 0.0467. The summed E-state index contributed by atoms with van der Waals surface area (Å²) in [5.41, 5.74) is -0.477. The van der Waals surface area contributed by atoms with E-state index in [2.05, 4.69) is 10.3 Å². The molecule has 0 bridgehead atoms. The lowest BCUT2D eigenvalue weighted by atomic mass is 10.2. The molecule has 100 valence electrons. The number of hydrogen-bond donors (Lipinski definition) is 2. The Hall–Kier alpha value is -1.79. The Labute approximate surface area is 101 Å². The molecule has 7 heteroatoms. The average molecular weight is 262 g/mol. The predicted octanol–water partition coefficient (Wildman–Crippen LogP) is 1.84. The molecule has 0 atom stereocenters. The van der Waals surface area contributed by atoms with Crippen molar-refractivity contribution < 1.29 is 18.0 Å². The van der Waals surface area contributed by atoms with Crippen LogP contribution < -0.4 is 10.7 Å². The number of carbonyl (C=O) groups is 1. The van der Waals surface area contributed by atoms with E-state index in [0.29, 0.717) is 0 Å². The number of aromatic nitrogens is 1. The highest BCUT2D eigenvalue weighted by Gasteiger charge is 2.25. The van der Waals surface area contributed by atoms with Crippen LogP contribution in [-0.2, 0) is 0 Å². The topological polar surface area (TPSA) is 62.0 Å². The van der Waals surface area contributed by atoms with Crippen molar-refractivity contribution >= 4 is 5.91 Å². The number of rotatable bonds is 5.